The molecule has 0 saturated carbocycles. The fourth-order valence-electron chi connectivity index (χ4n) is 1.34. The number of rotatable bonds is 5. The summed E-state index contributed by atoms with van der Waals surface area (Å²) in [6.45, 7) is 4.06. The summed E-state index contributed by atoms with van der Waals surface area (Å²) in [6, 6.07) is 1.36. The highest BCUT2D eigenvalue weighted by Gasteiger charge is 2.10. The second-order valence-corrected chi connectivity index (χ2v) is 3.56. The molecule has 1 rings (SSSR count). The third-order valence-electron chi connectivity index (χ3n) is 2.17. The number of likely N-dealkylation sites (N-methyl/N-ethyl adjacent to an activating group) is 1. The average molecular weight is 239 g/mol. The van der Waals surface area contributed by atoms with Crippen LogP contribution in [0.4, 0.5) is 5.82 Å². The molecule has 1 heterocycles. The van der Waals surface area contributed by atoms with Crippen LogP contribution in [0.2, 0.25) is 0 Å². The zero-order chi connectivity index (χ0) is 12.8. The summed E-state index contributed by atoms with van der Waals surface area (Å²) in [5, 5.41) is 0. The van der Waals surface area contributed by atoms with E-state index in [-0.39, 0.29) is 18.1 Å². The number of hydrogen-bond donors (Lipinski definition) is 1. The summed E-state index contributed by atoms with van der Waals surface area (Å²) in [7, 11) is 1.69. The maximum Gasteiger partial charge on any atom is 0.325 e. The Morgan fingerprint density at radius 3 is 2.82 bits per heavy atom. The van der Waals surface area contributed by atoms with Gasteiger partial charge in [-0.05, 0) is 6.92 Å². The minimum Gasteiger partial charge on any atom is -0.465 e. The summed E-state index contributed by atoms with van der Waals surface area (Å²) >= 11 is 0. The van der Waals surface area contributed by atoms with Gasteiger partial charge in [0.1, 0.15) is 18.2 Å². The summed E-state index contributed by atoms with van der Waals surface area (Å²) in [5.74, 6) is 0.733. The molecule has 0 fully saturated rings. The van der Waals surface area contributed by atoms with Crippen LogP contribution in [0.25, 0.3) is 0 Å². The molecule has 17 heavy (non-hydrogen) atoms. The van der Waals surface area contributed by atoms with Gasteiger partial charge in [0, 0.05) is 19.5 Å². The predicted molar refractivity (Wildman–Crippen MR) is 64.1 cm³/mol. The molecule has 0 aromatic carbocycles. The molecule has 1 aromatic heterocycles. The van der Waals surface area contributed by atoms with Crippen LogP contribution in [0.15, 0.2) is 10.9 Å². The minimum absolute atomic E-state index is 0.0768. The van der Waals surface area contributed by atoms with Crippen LogP contribution in [0.3, 0.4) is 0 Å². The first-order chi connectivity index (χ1) is 8.06. The number of esters is 1. The third kappa shape index (κ3) is 3.90. The Bertz CT molecular complexity index is 442. The van der Waals surface area contributed by atoms with E-state index < -0.39 is 0 Å². The van der Waals surface area contributed by atoms with Gasteiger partial charge in [0.05, 0.1) is 6.61 Å². The van der Waals surface area contributed by atoms with Gasteiger partial charge in [-0.2, -0.15) is 0 Å². The monoisotopic (exact) mass is 239 g/mol. The molecule has 0 saturated heterocycles. The fourth-order valence-corrected chi connectivity index (χ4v) is 1.34. The van der Waals surface area contributed by atoms with E-state index in [0.29, 0.717) is 24.7 Å². The molecule has 0 aliphatic carbocycles. The molecule has 6 heteroatoms. The second kappa shape index (κ2) is 6.03. The highest BCUT2D eigenvalue weighted by molar-refractivity contribution is 5.75. The molecule has 6 nitrogen and oxygen atoms in total. The molecule has 0 spiro atoms. The Hall–Kier alpha value is -1.85. The van der Waals surface area contributed by atoms with E-state index >= 15 is 0 Å². The number of aryl methyl sites for hydroxylation is 1. The highest BCUT2D eigenvalue weighted by atomic mass is 16.5. The molecule has 94 valence electrons. The molecule has 0 amide bonds. The van der Waals surface area contributed by atoms with Crippen molar-refractivity contribution in [2.45, 2.75) is 20.3 Å². The van der Waals surface area contributed by atoms with Gasteiger partial charge >= 0.3 is 5.97 Å². The molecule has 0 unspecified atom stereocenters. The maximum absolute atomic E-state index is 11.3. The van der Waals surface area contributed by atoms with Crippen molar-refractivity contribution >= 4 is 11.8 Å². The number of nitrogens with one attached hydrogen (secondary N) is 1. The molecule has 1 aromatic rings. The Labute approximate surface area is 99.6 Å². The van der Waals surface area contributed by atoms with Crippen molar-refractivity contribution in [2.24, 2.45) is 0 Å². The number of aromatic amines is 1. The van der Waals surface area contributed by atoms with Crippen LogP contribution in [-0.2, 0) is 16.0 Å². The lowest BCUT2D eigenvalue weighted by atomic mass is 10.4. The first-order valence-electron chi connectivity index (χ1n) is 5.53. The lowest BCUT2D eigenvalue weighted by Crippen LogP contribution is -2.29. The summed E-state index contributed by atoms with van der Waals surface area (Å²) in [4.78, 5) is 31.1. The van der Waals surface area contributed by atoms with Gasteiger partial charge in [0.2, 0.25) is 0 Å². The summed E-state index contributed by atoms with van der Waals surface area (Å²) < 4.78 is 4.83. The Morgan fingerprint density at radius 2 is 2.24 bits per heavy atom. The summed E-state index contributed by atoms with van der Waals surface area (Å²) in [5.41, 5.74) is -0.220. The second-order valence-electron chi connectivity index (χ2n) is 3.56. The SMILES string of the molecule is CCOC(=O)CN(C)c1cc(=O)[nH]c(CC)n1. The van der Waals surface area contributed by atoms with Crippen LogP contribution in [0.5, 0.6) is 0 Å². The normalized spacial score (nSPS) is 10.1. The van der Waals surface area contributed by atoms with E-state index in [9.17, 15) is 9.59 Å². The average Bonchev–Trinajstić information content (AvgIpc) is 2.28. The topological polar surface area (TPSA) is 75.3 Å². The minimum atomic E-state index is -0.338. The van der Waals surface area contributed by atoms with Gasteiger partial charge in [-0.3, -0.25) is 9.59 Å². The molecule has 1 N–H and O–H groups in total. The first kappa shape index (κ1) is 13.2. The van der Waals surface area contributed by atoms with E-state index in [1.54, 1.807) is 18.9 Å². The largest absolute Gasteiger partial charge is 0.465 e. The molecule has 0 radical (unpaired) electrons. The lowest BCUT2D eigenvalue weighted by molar-refractivity contribution is -0.141. The molecule has 0 bridgehead atoms. The summed E-state index contributed by atoms with van der Waals surface area (Å²) in [6.07, 6.45) is 0.635. The van der Waals surface area contributed by atoms with Gasteiger partial charge in [-0.1, -0.05) is 6.92 Å². The fraction of sp³-hybridized carbons (Fsp3) is 0.545. The number of nitrogens with zero attached hydrogens (tertiary/aromatic N) is 2. The number of carbonyl (C=O) groups excluding carboxylic acids is 1. The van der Waals surface area contributed by atoms with Crippen LogP contribution in [-0.4, -0.2) is 36.1 Å². The van der Waals surface area contributed by atoms with Crippen molar-refractivity contribution in [1.29, 1.82) is 0 Å². The van der Waals surface area contributed by atoms with E-state index in [2.05, 4.69) is 9.97 Å². The van der Waals surface area contributed by atoms with Crippen molar-refractivity contribution in [2.75, 3.05) is 25.1 Å². The first-order valence-corrected chi connectivity index (χ1v) is 5.53. The standard InChI is InChI=1S/C11H17N3O3/c1-4-8-12-9(6-10(15)13-8)14(3)7-11(16)17-5-2/h6H,4-5,7H2,1-3H3,(H,12,13,15). The smallest absolute Gasteiger partial charge is 0.325 e. The van der Waals surface area contributed by atoms with Gasteiger partial charge in [-0.25, -0.2) is 4.98 Å². The van der Waals surface area contributed by atoms with E-state index in [1.165, 1.54) is 6.07 Å². The number of aromatic nitrogens is 2. The number of ether oxygens (including phenoxy) is 1. The van der Waals surface area contributed by atoms with E-state index in [0.717, 1.165) is 0 Å². The van der Waals surface area contributed by atoms with Crippen LogP contribution < -0.4 is 10.5 Å². The van der Waals surface area contributed by atoms with Gasteiger partial charge < -0.3 is 14.6 Å². The van der Waals surface area contributed by atoms with Gasteiger partial charge in [0.25, 0.3) is 5.56 Å². The van der Waals surface area contributed by atoms with Crippen molar-refractivity contribution in [1.82, 2.24) is 9.97 Å². The number of carbonyl (C=O) groups is 1. The van der Waals surface area contributed by atoms with Crippen molar-refractivity contribution in [3.63, 3.8) is 0 Å². The number of anilines is 1. The molecule has 0 aliphatic heterocycles. The maximum atomic E-state index is 11.3. The zero-order valence-corrected chi connectivity index (χ0v) is 10.3. The quantitative estimate of drug-likeness (QED) is 0.749. The molecule has 0 aliphatic rings. The lowest BCUT2D eigenvalue weighted by Gasteiger charge is -2.17. The number of hydrogen-bond acceptors (Lipinski definition) is 5. The van der Waals surface area contributed by atoms with Crippen LogP contribution in [0, 0.1) is 0 Å². The van der Waals surface area contributed by atoms with Gasteiger partial charge in [0.15, 0.2) is 0 Å². The van der Waals surface area contributed by atoms with Crippen molar-refractivity contribution < 1.29 is 9.53 Å². The van der Waals surface area contributed by atoms with E-state index in [1.807, 2.05) is 6.92 Å². The van der Waals surface area contributed by atoms with Crippen LogP contribution in [0.1, 0.15) is 19.7 Å². The Balaban J connectivity index is 2.81. The molecule has 0 atom stereocenters. The Morgan fingerprint density at radius 1 is 1.53 bits per heavy atom. The van der Waals surface area contributed by atoms with Crippen molar-refractivity contribution in [3.05, 3.63) is 22.2 Å². The third-order valence-corrected chi connectivity index (χ3v) is 2.17. The van der Waals surface area contributed by atoms with Crippen LogP contribution >= 0.6 is 0 Å². The van der Waals surface area contributed by atoms with Gasteiger partial charge in [-0.15, -0.1) is 0 Å². The number of H-pyrrole nitrogens is 1. The Kier molecular flexibility index (Phi) is 4.68. The molecular weight excluding hydrogens is 222 g/mol. The van der Waals surface area contributed by atoms with E-state index in [4.69, 9.17) is 4.74 Å². The predicted octanol–water partition coefficient (Wildman–Crippen LogP) is 0.332. The molecular formula is C11H17N3O3. The highest BCUT2D eigenvalue weighted by Crippen LogP contribution is 2.05. The zero-order valence-electron chi connectivity index (χ0n) is 10.3. The van der Waals surface area contributed by atoms with Crippen molar-refractivity contribution in [3.8, 4) is 0 Å².